The van der Waals surface area contributed by atoms with Gasteiger partial charge in [0.05, 0.1) is 18.1 Å². The van der Waals surface area contributed by atoms with Crippen molar-refractivity contribution in [2.24, 2.45) is 0 Å². The van der Waals surface area contributed by atoms with Crippen LogP contribution in [-0.2, 0) is 14.8 Å². The topological polar surface area (TPSA) is 75.7 Å². The first kappa shape index (κ1) is 15.9. The van der Waals surface area contributed by atoms with Crippen LogP contribution in [0.25, 0.3) is 0 Å². The van der Waals surface area contributed by atoms with E-state index in [4.69, 9.17) is 4.74 Å². The Balaban J connectivity index is 1.89. The largest absolute Gasteiger partial charge is 0.379 e. The van der Waals surface area contributed by atoms with Crippen LogP contribution in [0.15, 0.2) is 27.6 Å². The van der Waals surface area contributed by atoms with Crippen LogP contribution >= 0.6 is 15.9 Å². The zero-order valence-electron chi connectivity index (χ0n) is 11.9. The summed E-state index contributed by atoms with van der Waals surface area (Å²) in [5, 5.41) is 2.87. The Morgan fingerprint density at radius 3 is 2.59 bits per heavy atom. The van der Waals surface area contributed by atoms with E-state index >= 15 is 0 Å². The molecule has 0 radical (unpaired) electrons. The molecule has 0 aromatic heterocycles. The Morgan fingerprint density at radius 2 is 1.95 bits per heavy atom. The smallest absolute Gasteiger partial charge is 0.251 e. The number of halogens is 1. The highest BCUT2D eigenvalue weighted by Crippen LogP contribution is 2.27. The first-order valence-electron chi connectivity index (χ1n) is 7.17. The zero-order chi connectivity index (χ0) is 15.7. The predicted octanol–water partition coefficient (Wildman–Crippen LogP) is 1.36. The van der Waals surface area contributed by atoms with E-state index in [0.717, 1.165) is 12.8 Å². The molecular formula is C14H17BrN2O4S. The maximum absolute atomic E-state index is 12.7. The molecule has 1 aliphatic heterocycles. The number of amides is 1. The Morgan fingerprint density at radius 1 is 1.27 bits per heavy atom. The second-order valence-corrected chi connectivity index (χ2v) is 8.17. The van der Waals surface area contributed by atoms with Gasteiger partial charge in [0.15, 0.2) is 0 Å². The molecule has 1 amide bonds. The SMILES string of the molecule is O=C(NC1CC1)c1ccc(Br)c(S(=O)(=O)N2CCOCC2)c1. The quantitative estimate of drug-likeness (QED) is 0.844. The molecule has 8 heteroatoms. The van der Waals surface area contributed by atoms with Crippen LogP contribution < -0.4 is 5.32 Å². The third-order valence-corrected chi connectivity index (χ3v) is 6.59. The minimum Gasteiger partial charge on any atom is -0.379 e. The summed E-state index contributed by atoms with van der Waals surface area (Å²) >= 11 is 3.28. The van der Waals surface area contributed by atoms with Gasteiger partial charge in [0.25, 0.3) is 5.91 Å². The maximum Gasteiger partial charge on any atom is 0.251 e. The predicted molar refractivity (Wildman–Crippen MR) is 84.2 cm³/mol. The average molecular weight is 389 g/mol. The fraction of sp³-hybridized carbons (Fsp3) is 0.500. The normalized spacial score (nSPS) is 19.9. The summed E-state index contributed by atoms with van der Waals surface area (Å²) in [5.74, 6) is -0.228. The molecule has 1 heterocycles. The van der Waals surface area contributed by atoms with Crippen molar-refractivity contribution in [3.05, 3.63) is 28.2 Å². The van der Waals surface area contributed by atoms with Crippen LogP contribution in [0.2, 0.25) is 0 Å². The van der Waals surface area contributed by atoms with Crippen molar-refractivity contribution in [1.82, 2.24) is 9.62 Å². The molecule has 1 saturated heterocycles. The van der Waals surface area contributed by atoms with Crippen molar-refractivity contribution in [1.29, 1.82) is 0 Å². The van der Waals surface area contributed by atoms with Gasteiger partial charge in [-0.05, 0) is 47.0 Å². The van der Waals surface area contributed by atoms with Crippen molar-refractivity contribution in [2.75, 3.05) is 26.3 Å². The van der Waals surface area contributed by atoms with Crippen LogP contribution in [0.4, 0.5) is 0 Å². The lowest BCUT2D eigenvalue weighted by molar-refractivity contribution is 0.0730. The molecule has 22 heavy (non-hydrogen) atoms. The molecule has 1 N–H and O–H groups in total. The number of sulfonamides is 1. The van der Waals surface area contributed by atoms with Gasteiger partial charge in [-0.2, -0.15) is 4.31 Å². The van der Waals surface area contributed by atoms with E-state index in [2.05, 4.69) is 21.2 Å². The maximum atomic E-state index is 12.7. The molecule has 120 valence electrons. The van der Waals surface area contributed by atoms with E-state index in [1.54, 1.807) is 12.1 Å². The summed E-state index contributed by atoms with van der Waals surface area (Å²) in [6.45, 7) is 1.43. The number of hydrogen-bond donors (Lipinski definition) is 1. The minimum absolute atomic E-state index is 0.123. The van der Waals surface area contributed by atoms with E-state index in [0.29, 0.717) is 36.3 Å². The van der Waals surface area contributed by atoms with Gasteiger partial charge < -0.3 is 10.1 Å². The lowest BCUT2D eigenvalue weighted by Crippen LogP contribution is -2.40. The molecule has 0 unspecified atom stereocenters. The van der Waals surface area contributed by atoms with Crippen molar-refractivity contribution in [3.63, 3.8) is 0 Å². The average Bonchev–Trinajstić information content (AvgIpc) is 3.32. The summed E-state index contributed by atoms with van der Waals surface area (Å²) in [6, 6.07) is 4.90. The van der Waals surface area contributed by atoms with E-state index in [9.17, 15) is 13.2 Å². The molecule has 0 atom stereocenters. The number of carbonyl (C=O) groups excluding carboxylic acids is 1. The number of benzene rings is 1. The van der Waals surface area contributed by atoms with Gasteiger partial charge in [-0.3, -0.25) is 4.79 Å². The van der Waals surface area contributed by atoms with Crippen molar-refractivity contribution in [3.8, 4) is 0 Å². The molecule has 1 aliphatic carbocycles. The first-order chi connectivity index (χ1) is 10.5. The summed E-state index contributed by atoms with van der Waals surface area (Å²) in [6.07, 6.45) is 1.97. The van der Waals surface area contributed by atoms with Crippen molar-refractivity contribution in [2.45, 2.75) is 23.8 Å². The molecule has 1 saturated carbocycles. The Bertz CT molecular complexity index is 682. The molecule has 6 nitrogen and oxygen atoms in total. The molecule has 2 aliphatic rings. The molecule has 0 spiro atoms. The number of morpholine rings is 1. The highest BCUT2D eigenvalue weighted by molar-refractivity contribution is 9.10. The van der Waals surface area contributed by atoms with Gasteiger partial charge >= 0.3 is 0 Å². The summed E-state index contributed by atoms with van der Waals surface area (Å²) in [5.41, 5.74) is 0.363. The highest BCUT2D eigenvalue weighted by Gasteiger charge is 2.29. The number of nitrogens with one attached hydrogen (secondary N) is 1. The zero-order valence-corrected chi connectivity index (χ0v) is 14.3. The van der Waals surface area contributed by atoms with Crippen LogP contribution in [0.1, 0.15) is 23.2 Å². The number of nitrogens with zero attached hydrogens (tertiary/aromatic N) is 1. The first-order valence-corrected chi connectivity index (χ1v) is 9.40. The lowest BCUT2D eigenvalue weighted by Gasteiger charge is -2.26. The summed E-state index contributed by atoms with van der Waals surface area (Å²) in [7, 11) is -3.64. The van der Waals surface area contributed by atoms with Gasteiger partial charge in [0.2, 0.25) is 10.0 Å². The Labute approximate surface area is 138 Å². The van der Waals surface area contributed by atoms with Gasteiger partial charge in [-0.1, -0.05) is 0 Å². The second kappa shape index (κ2) is 6.27. The fourth-order valence-corrected chi connectivity index (χ4v) is 4.62. The summed E-state index contributed by atoms with van der Waals surface area (Å²) < 4.78 is 32.5. The van der Waals surface area contributed by atoms with Gasteiger partial charge in [0.1, 0.15) is 0 Å². The Kier molecular flexibility index (Phi) is 4.54. The van der Waals surface area contributed by atoms with Crippen LogP contribution in [0.5, 0.6) is 0 Å². The van der Waals surface area contributed by atoms with E-state index in [1.807, 2.05) is 0 Å². The Hall–Kier alpha value is -0.960. The van der Waals surface area contributed by atoms with Crippen LogP contribution in [-0.4, -0.2) is 51.0 Å². The van der Waals surface area contributed by atoms with Gasteiger partial charge in [-0.15, -0.1) is 0 Å². The molecule has 1 aromatic rings. The van der Waals surface area contributed by atoms with E-state index < -0.39 is 10.0 Å². The second-order valence-electron chi connectivity index (χ2n) is 5.41. The van der Waals surface area contributed by atoms with E-state index in [1.165, 1.54) is 10.4 Å². The van der Waals surface area contributed by atoms with Crippen molar-refractivity contribution < 1.29 is 17.9 Å². The van der Waals surface area contributed by atoms with Gasteiger partial charge in [-0.25, -0.2) is 8.42 Å². The number of rotatable bonds is 4. The molecule has 2 fully saturated rings. The molecule has 3 rings (SSSR count). The van der Waals surface area contributed by atoms with Gasteiger partial charge in [0, 0.05) is 29.2 Å². The monoisotopic (exact) mass is 388 g/mol. The van der Waals surface area contributed by atoms with Crippen LogP contribution in [0.3, 0.4) is 0 Å². The molecule has 0 bridgehead atoms. The fourth-order valence-electron chi connectivity index (χ4n) is 2.26. The number of carbonyl (C=O) groups is 1. The van der Waals surface area contributed by atoms with Crippen LogP contribution in [0, 0.1) is 0 Å². The number of hydrogen-bond acceptors (Lipinski definition) is 4. The van der Waals surface area contributed by atoms with E-state index in [-0.39, 0.29) is 16.8 Å². The minimum atomic E-state index is -3.64. The third-order valence-electron chi connectivity index (χ3n) is 3.69. The lowest BCUT2D eigenvalue weighted by atomic mass is 10.2. The third kappa shape index (κ3) is 3.34. The van der Waals surface area contributed by atoms with Crippen molar-refractivity contribution >= 4 is 31.9 Å². The molecule has 1 aromatic carbocycles. The standard InChI is InChI=1S/C14H17BrN2O4S/c15-12-4-1-10(14(18)16-11-2-3-11)9-13(12)22(19,20)17-5-7-21-8-6-17/h1,4,9,11H,2-3,5-8H2,(H,16,18). The number of ether oxygens (including phenoxy) is 1. The highest BCUT2D eigenvalue weighted by atomic mass is 79.9. The molecular weight excluding hydrogens is 372 g/mol. The summed E-state index contributed by atoms with van der Waals surface area (Å²) in [4.78, 5) is 12.2.